The summed E-state index contributed by atoms with van der Waals surface area (Å²) in [5, 5.41) is 11.5. The summed E-state index contributed by atoms with van der Waals surface area (Å²) >= 11 is 0. The lowest BCUT2D eigenvalue weighted by atomic mass is 10.1. The zero-order valence-corrected chi connectivity index (χ0v) is 12.0. The first-order valence-corrected chi connectivity index (χ1v) is 6.45. The second-order valence-corrected chi connectivity index (χ2v) is 4.57. The van der Waals surface area contributed by atoms with Crippen molar-refractivity contribution in [2.75, 3.05) is 20.2 Å². The molecule has 6 heteroatoms. The Morgan fingerprint density at radius 3 is 2.55 bits per heavy atom. The molecule has 0 aliphatic carbocycles. The third kappa shape index (κ3) is 4.15. The highest BCUT2D eigenvalue weighted by Crippen LogP contribution is 2.14. The van der Waals surface area contributed by atoms with Crippen molar-refractivity contribution in [2.45, 2.75) is 13.8 Å². The summed E-state index contributed by atoms with van der Waals surface area (Å²) in [7, 11) is 1.68. The number of oxime groups is 1. The molecule has 20 heavy (non-hydrogen) atoms. The van der Waals surface area contributed by atoms with E-state index in [1.54, 1.807) is 43.1 Å². The molecule has 1 atom stereocenters. The van der Waals surface area contributed by atoms with Gasteiger partial charge in [-0.15, -0.1) is 0 Å². The Morgan fingerprint density at radius 2 is 2.05 bits per heavy atom. The molecule has 1 amide bonds. The lowest BCUT2D eigenvalue weighted by Crippen LogP contribution is -2.36. The molecular formula is C14H21N3O3. The molecular weight excluding hydrogens is 258 g/mol. The Hall–Kier alpha value is -2.24. The van der Waals surface area contributed by atoms with Crippen LogP contribution in [0.15, 0.2) is 29.4 Å². The summed E-state index contributed by atoms with van der Waals surface area (Å²) in [6, 6.07) is 6.96. The quantitative estimate of drug-likeness (QED) is 0.358. The van der Waals surface area contributed by atoms with Gasteiger partial charge >= 0.3 is 0 Å². The smallest absolute Gasteiger partial charge is 0.253 e. The van der Waals surface area contributed by atoms with E-state index in [2.05, 4.69) is 5.16 Å². The van der Waals surface area contributed by atoms with E-state index in [0.717, 1.165) is 5.75 Å². The van der Waals surface area contributed by atoms with Crippen LogP contribution in [0.3, 0.4) is 0 Å². The molecule has 0 saturated carbocycles. The van der Waals surface area contributed by atoms with Crippen LogP contribution in [0.4, 0.5) is 0 Å². The van der Waals surface area contributed by atoms with E-state index in [-0.39, 0.29) is 17.7 Å². The molecule has 1 rings (SSSR count). The van der Waals surface area contributed by atoms with Gasteiger partial charge in [0.1, 0.15) is 11.6 Å². The topological polar surface area (TPSA) is 88.2 Å². The molecule has 0 heterocycles. The van der Waals surface area contributed by atoms with Crippen molar-refractivity contribution < 1.29 is 14.7 Å². The van der Waals surface area contributed by atoms with Gasteiger partial charge in [-0.05, 0) is 31.2 Å². The molecule has 0 saturated heterocycles. The first-order chi connectivity index (χ1) is 9.49. The average molecular weight is 279 g/mol. The zero-order chi connectivity index (χ0) is 15.1. The summed E-state index contributed by atoms with van der Waals surface area (Å²) in [6.07, 6.45) is 0. The standard InChI is InChI=1S/C14H21N3O3/c1-4-20-12-7-5-11(6-8-12)14(18)17(3)9-10(2)13(15)16-19/h5-8,10,19H,4,9H2,1-3H3,(H2,15,16). The number of hydrogen-bond donors (Lipinski definition) is 2. The summed E-state index contributed by atoms with van der Waals surface area (Å²) in [6.45, 7) is 4.66. The predicted octanol–water partition coefficient (Wildman–Crippen LogP) is 1.54. The largest absolute Gasteiger partial charge is 0.494 e. The van der Waals surface area contributed by atoms with Gasteiger partial charge in [0, 0.05) is 25.1 Å². The molecule has 1 aromatic carbocycles. The number of nitrogens with two attached hydrogens (primary N) is 1. The number of amides is 1. The summed E-state index contributed by atoms with van der Waals surface area (Å²) in [4.78, 5) is 13.7. The van der Waals surface area contributed by atoms with Crippen LogP contribution in [0.5, 0.6) is 5.75 Å². The van der Waals surface area contributed by atoms with Gasteiger partial charge in [-0.3, -0.25) is 4.79 Å². The SMILES string of the molecule is CCOc1ccc(C(=O)N(C)CC(C)C(N)=NO)cc1. The van der Waals surface area contributed by atoms with E-state index in [9.17, 15) is 4.79 Å². The second kappa shape index (κ2) is 7.37. The van der Waals surface area contributed by atoms with E-state index < -0.39 is 0 Å². The molecule has 6 nitrogen and oxygen atoms in total. The fourth-order valence-corrected chi connectivity index (χ4v) is 1.77. The van der Waals surface area contributed by atoms with Crippen molar-refractivity contribution in [3.05, 3.63) is 29.8 Å². The lowest BCUT2D eigenvalue weighted by molar-refractivity contribution is 0.0786. The minimum atomic E-state index is -0.211. The van der Waals surface area contributed by atoms with Gasteiger partial charge < -0.3 is 20.6 Å². The maximum absolute atomic E-state index is 12.2. The molecule has 3 N–H and O–H groups in total. The van der Waals surface area contributed by atoms with Crippen LogP contribution in [-0.2, 0) is 0 Å². The first kappa shape index (κ1) is 15.8. The average Bonchev–Trinajstić information content (AvgIpc) is 2.46. The Balaban J connectivity index is 2.69. The number of nitrogens with zero attached hydrogens (tertiary/aromatic N) is 2. The molecule has 0 fully saturated rings. The third-order valence-electron chi connectivity index (χ3n) is 2.93. The van der Waals surface area contributed by atoms with Gasteiger partial charge in [-0.25, -0.2) is 0 Å². The van der Waals surface area contributed by atoms with Crippen LogP contribution in [0.1, 0.15) is 24.2 Å². The van der Waals surface area contributed by atoms with Crippen molar-refractivity contribution in [1.29, 1.82) is 0 Å². The summed E-state index contributed by atoms with van der Waals surface area (Å²) in [5.74, 6) is 0.510. The minimum Gasteiger partial charge on any atom is -0.494 e. The van der Waals surface area contributed by atoms with Gasteiger partial charge in [0.15, 0.2) is 0 Å². The van der Waals surface area contributed by atoms with Crippen molar-refractivity contribution in [3.63, 3.8) is 0 Å². The number of ether oxygens (including phenoxy) is 1. The van der Waals surface area contributed by atoms with Crippen molar-refractivity contribution in [1.82, 2.24) is 4.90 Å². The maximum Gasteiger partial charge on any atom is 0.253 e. The predicted molar refractivity (Wildman–Crippen MR) is 77.1 cm³/mol. The molecule has 0 aliphatic rings. The number of carbonyl (C=O) groups is 1. The van der Waals surface area contributed by atoms with E-state index in [4.69, 9.17) is 15.7 Å². The summed E-state index contributed by atoms with van der Waals surface area (Å²) < 4.78 is 5.33. The van der Waals surface area contributed by atoms with Crippen molar-refractivity contribution >= 4 is 11.7 Å². The van der Waals surface area contributed by atoms with E-state index in [1.807, 2.05) is 6.92 Å². The molecule has 1 unspecified atom stereocenters. The number of amidine groups is 1. The van der Waals surface area contributed by atoms with E-state index in [1.165, 1.54) is 0 Å². The molecule has 0 spiro atoms. The lowest BCUT2D eigenvalue weighted by Gasteiger charge is -2.21. The molecule has 0 aromatic heterocycles. The molecule has 0 aliphatic heterocycles. The zero-order valence-electron chi connectivity index (χ0n) is 12.0. The Labute approximate surface area is 118 Å². The Bertz CT molecular complexity index is 471. The van der Waals surface area contributed by atoms with Crippen LogP contribution in [-0.4, -0.2) is 42.0 Å². The van der Waals surface area contributed by atoms with Gasteiger partial charge in [-0.1, -0.05) is 12.1 Å². The van der Waals surface area contributed by atoms with Crippen LogP contribution in [0.25, 0.3) is 0 Å². The fraction of sp³-hybridized carbons (Fsp3) is 0.429. The Kier molecular flexibility index (Phi) is 5.83. The molecule has 110 valence electrons. The van der Waals surface area contributed by atoms with Crippen LogP contribution in [0.2, 0.25) is 0 Å². The molecule has 0 bridgehead atoms. The van der Waals surface area contributed by atoms with Crippen LogP contribution < -0.4 is 10.5 Å². The first-order valence-electron chi connectivity index (χ1n) is 6.45. The van der Waals surface area contributed by atoms with Gasteiger partial charge in [0.25, 0.3) is 5.91 Å². The highest BCUT2D eigenvalue weighted by Gasteiger charge is 2.16. The van der Waals surface area contributed by atoms with Crippen molar-refractivity contribution in [2.24, 2.45) is 16.8 Å². The highest BCUT2D eigenvalue weighted by atomic mass is 16.5. The summed E-state index contributed by atoms with van der Waals surface area (Å²) in [5.41, 5.74) is 6.07. The highest BCUT2D eigenvalue weighted by molar-refractivity contribution is 5.94. The number of hydrogen-bond acceptors (Lipinski definition) is 4. The third-order valence-corrected chi connectivity index (χ3v) is 2.93. The van der Waals surface area contributed by atoms with E-state index in [0.29, 0.717) is 18.7 Å². The van der Waals surface area contributed by atoms with Crippen LogP contribution >= 0.6 is 0 Å². The fourth-order valence-electron chi connectivity index (χ4n) is 1.77. The second-order valence-electron chi connectivity index (χ2n) is 4.57. The van der Waals surface area contributed by atoms with Crippen molar-refractivity contribution in [3.8, 4) is 5.75 Å². The van der Waals surface area contributed by atoms with Gasteiger partial charge in [0.2, 0.25) is 0 Å². The van der Waals surface area contributed by atoms with Gasteiger partial charge in [-0.2, -0.15) is 0 Å². The molecule has 1 aromatic rings. The number of carbonyl (C=O) groups excluding carboxylic acids is 1. The monoisotopic (exact) mass is 279 g/mol. The maximum atomic E-state index is 12.2. The Morgan fingerprint density at radius 1 is 1.45 bits per heavy atom. The van der Waals surface area contributed by atoms with Gasteiger partial charge in [0.05, 0.1) is 6.61 Å². The number of rotatable bonds is 6. The van der Waals surface area contributed by atoms with E-state index >= 15 is 0 Å². The number of benzene rings is 1. The normalized spacial score (nSPS) is 12.8. The van der Waals surface area contributed by atoms with Crippen LogP contribution in [0, 0.1) is 5.92 Å². The molecule has 0 radical (unpaired) electrons. The minimum absolute atomic E-state index is 0.108.